The maximum atomic E-state index is 12.6. The van der Waals surface area contributed by atoms with E-state index in [0.717, 1.165) is 33.6 Å². The number of carbonyl (C=O) groups is 3. The number of imide groups is 1. The van der Waals surface area contributed by atoms with Crippen molar-refractivity contribution < 1.29 is 14.4 Å². The van der Waals surface area contributed by atoms with Crippen molar-refractivity contribution in [1.29, 1.82) is 0 Å². The molecule has 0 spiro atoms. The van der Waals surface area contributed by atoms with Crippen LogP contribution in [-0.4, -0.2) is 48.9 Å². The van der Waals surface area contributed by atoms with Gasteiger partial charge in [0.15, 0.2) is 11.0 Å². The van der Waals surface area contributed by atoms with Gasteiger partial charge < -0.3 is 5.32 Å². The fourth-order valence-electron chi connectivity index (χ4n) is 3.39. The van der Waals surface area contributed by atoms with Crippen LogP contribution in [0.2, 0.25) is 5.02 Å². The molecule has 4 rings (SSSR count). The third kappa shape index (κ3) is 4.64. The minimum absolute atomic E-state index is 0.0838. The van der Waals surface area contributed by atoms with Gasteiger partial charge in [-0.15, -0.1) is 10.2 Å². The van der Waals surface area contributed by atoms with Crippen molar-refractivity contribution in [3.8, 4) is 17.1 Å². The number of urea groups is 1. The number of hydrazine groups is 1. The van der Waals surface area contributed by atoms with Gasteiger partial charge >= 0.3 is 6.03 Å². The van der Waals surface area contributed by atoms with E-state index >= 15 is 0 Å². The maximum Gasteiger partial charge on any atom is 0.344 e. The highest BCUT2D eigenvalue weighted by Gasteiger charge is 2.47. The molecule has 1 unspecified atom stereocenters. The van der Waals surface area contributed by atoms with Gasteiger partial charge in [-0.25, -0.2) is 4.79 Å². The van der Waals surface area contributed by atoms with E-state index in [1.165, 1.54) is 0 Å². The van der Waals surface area contributed by atoms with E-state index in [0.29, 0.717) is 22.4 Å². The predicted octanol–water partition coefficient (Wildman–Crippen LogP) is 3.74. The van der Waals surface area contributed by atoms with Crippen LogP contribution >= 0.6 is 23.4 Å². The van der Waals surface area contributed by atoms with E-state index in [-0.39, 0.29) is 5.75 Å². The summed E-state index contributed by atoms with van der Waals surface area (Å²) in [5.41, 5.74) is 4.11. The number of hydrogen-bond acceptors (Lipinski definition) is 6. The lowest BCUT2D eigenvalue weighted by Crippen LogP contribution is -2.49. The SMILES string of the molecule is CCC1(C)NC(=O)N(NC(=O)CSc2nnc(-c3ccc(C)cc3)n2-c2ccc(Cl)cc2)C1=O. The van der Waals surface area contributed by atoms with Gasteiger partial charge in [0.05, 0.1) is 5.75 Å². The minimum atomic E-state index is -1.03. The Labute approximate surface area is 205 Å². The number of halogens is 1. The molecule has 9 nitrogen and oxygen atoms in total. The van der Waals surface area contributed by atoms with Crippen molar-refractivity contribution in [2.75, 3.05) is 5.75 Å². The van der Waals surface area contributed by atoms with Crippen LogP contribution in [0, 0.1) is 6.92 Å². The van der Waals surface area contributed by atoms with Crippen LogP contribution in [0.4, 0.5) is 4.79 Å². The Morgan fingerprint density at radius 1 is 1.12 bits per heavy atom. The topological polar surface area (TPSA) is 109 Å². The molecule has 1 atom stereocenters. The van der Waals surface area contributed by atoms with Crippen LogP contribution in [-0.2, 0) is 9.59 Å². The number of carbonyl (C=O) groups excluding carboxylic acids is 3. The molecule has 1 aliphatic rings. The van der Waals surface area contributed by atoms with E-state index in [9.17, 15) is 14.4 Å². The third-order valence-electron chi connectivity index (χ3n) is 5.56. The summed E-state index contributed by atoms with van der Waals surface area (Å²) in [5, 5.41) is 13.0. The summed E-state index contributed by atoms with van der Waals surface area (Å²) in [7, 11) is 0. The first-order chi connectivity index (χ1) is 16.2. The highest BCUT2D eigenvalue weighted by molar-refractivity contribution is 7.99. The van der Waals surface area contributed by atoms with Crippen molar-refractivity contribution in [2.45, 2.75) is 37.9 Å². The predicted molar refractivity (Wildman–Crippen MR) is 129 cm³/mol. The summed E-state index contributed by atoms with van der Waals surface area (Å²) < 4.78 is 1.83. The summed E-state index contributed by atoms with van der Waals surface area (Å²) in [6, 6.07) is 14.4. The van der Waals surface area contributed by atoms with E-state index in [1.54, 1.807) is 26.0 Å². The molecular formula is C23H23ClN6O3S. The largest absolute Gasteiger partial charge is 0.344 e. The second-order valence-electron chi connectivity index (χ2n) is 8.06. The van der Waals surface area contributed by atoms with Crippen molar-refractivity contribution in [2.24, 2.45) is 0 Å². The fraction of sp³-hybridized carbons (Fsp3) is 0.261. The number of hydrogen-bond donors (Lipinski definition) is 2. The van der Waals surface area contributed by atoms with Gasteiger partial charge in [0.25, 0.3) is 5.91 Å². The Morgan fingerprint density at radius 2 is 1.79 bits per heavy atom. The number of aromatic nitrogens is 3. The van der Waals surface area contributed by atoms with Gasteiger partial charge in [0.2, 0.25) is 5.91 Å². The molecule has 1 aromatic heterocycles. The molecule has 0 bridgehead atoms. The normalized spacial score (nSPS) is 17.7. The number of rotatable bonds is 7. The smallest absolute Gasteiger partial charge is 0.322 e. The van der Waals surface area contributed by atoms with Crippen LogP contribution in [0.3, 0.4) is 0 Å². The summed E-state index contributed by atoms with van der Waals surface area (Å²) in [6.45, 7) is 5.41. The molecular weight excluding hydrogens is 476 g/mol. The molecule has 4 amide bonds. The number of thioether (sulfide) groups is 1. The molecule has 1 aliphatic heterocycles. The Morgan fingerprint density at radius 3 is 2.41 bits per heavy atom. The van der Waals surface area contributed by atoms with Gasteiger partial charge in [-0.05, 0) is 44.5 Å². The first-order valence-corrected chi connectivity index (χ1v) is 12.0. The van der Waals surface area contributed by atoms with Crippen molar-refractivity contribution in [3.05, 3.63) is 59.1 Å². The Kier molecular flexibility index (Phi) is 6.63. The van der Waals surface area contributed by atoms with Gasteiger partial charge in [0, 0.05) is 16.3 Å². The summed E-state index contributed by atoms with van der Waals surface area (Å²) in [6.07, 6.45) is 0.407. The van der Waals surface area contributed by atoms with Gasteiger partial charge in [0.1, 0.15) is 5.54 Å². The van der Waals surface area contributed by atoms with Gasteiger partial charge in [-0.1, -0.05) is 60.1 Å². The number of nitrogens with zero attached hydrogens (tertiary/aromatic N) is 4. The molecule has 1 saturated heterocycles. The third-order valence-corrected chi connectivity index (χ3v) is 6.75. The molecule has 2 aromatic carbocycles. The van der Waals surface area contributed by atoms with Crippen LogP contribution < -0.4 is 10.7 Å². The van der Waals surface area contributed by atoms with Crippen LogP contribution in [0.5, 0.6) is 0 Å². The minimum Gasteiger partial charge on any atom is -0.322 e. The zero-order valence-corrected chi connectivity index (χ0v) is 20.4. The van der Waals surface area contributed by atoms with Crippen LogP contribution in [0.15, 0.2) is 53.7 Å². The molecule has 34 heavy (non-hydrogen) atoms. The number of nitrogens with one attached hydrogen (secondary N) is 2. The van der Waals surface area contributed by atoms with E-state index in [1.807, 2.05) is 47.9 Å². The van der Waals surface area contributed by atoms with Gasteiger partial charge in [-0.2, -0.15) is 5.01 Å². The Bertz CT molecular complexity index is 1240. The molecule has 0 radical (unpaired) electrons. The van der Waals surface area contributed by atoms with Gasteiger partial charge in [-0.3, -0.25) is 19.6 Å². The van der Waals surface area contributed by atoms with Crippen molar-refractivity contribution in [3.63, 3.8) is 0 Å². The van der Waals surface area contributed by atoms with Crippen molar-refractivity contribution >= 4 is 41.2 Å². The average molecular weight is 499 g/mol. The molecule has 1 fully saturated rings. The summed E-state index contributed by atoms with van der Waals surface area (Å²) in [4.78, 5) is 37.3. The molecule has 2 N–H and O–H groups in total. The molecule has 0 aliphatic carbocycles. The zero-order chi connectivity index (χ0) is 24.5. The fourth-order valence-corrected chi connectivity index (χ4v) is 4.26. The van der Waals surface area contributed by atoms with E-state index in [2.05, 4.69) is 20.9 Å². The van der Waals surface area contributed by atoms with Crippen LogP contribution in [0.1, 0.15) is 25.8 Å². The Hall–Kier alpha value is -3.37. The monoisotopic (exact) mass is 498 g/mol. The summed E-state index contributed by atoms with van der Waals surface area (Å²) in [5.74, 6) is -0.488. The quantitative estimate of drug-likeness (QED) is 0.379. The standard InChI is InChI=1S/C23H23ClN6O3S/c1-4-23(3)20(32)30(21(33)25-23)28-18(31)13-34-22-27-26-19(15-7-5-14(2)6-8-15)29(22)17-11-9-16(24)10-12-17/h5-12H,4,13H2,1-3H3,(H,25,33)(H,28,31). The number of amides is 4. The zero-order valence-electron chi connectivity index (χ0n) is 18.8. The second kappa shape index (κ2) is 9.47. The average Bonchev–Trinajstić information content (AvgIpc) is 3.33. The van der Waals surface area contributed by atoms with E-state index < -0.39 is 23.4 Å². The number of aryl methyl sites for hydroxylation is 1. The second-order valence-corrected chi connectivity index (χ2v) is 9.44. The highest BCUT2D eigenvalue weighted by atomic mass is 35.5. The lowest BCUT2D eigenvalue weighted by atomic mass is 10.00. The van der Waals surface area contributed by atoms with Crippen LogP contribution in [0.25, 0.3) is 17.1 Å². The molecule has 11 heteroatoms. The number of benzene rings is 2. The van der Waals surface area contributed by atoms with E-state index in [4.69, 9.17) is 11.6 Å². The molecule has 2 heterocycles. The first kappa shape index (κ1) is 23.8. The Balaban J connectivity index is 1.56. The lowest BCUT2D eigenvalue weighted by molar-refractivity contribution is -0.137. The first-order valence-electron chi connectivity index (χ1n) is 10.6. The highest BCUT2D eigenvalue weighted by Crippen LogP contribution is 2.29. The lowest BCUT2D eigenvalue weighted by Gasteiger charge is -2.19. The van der Waals surface area contributed by atoms with Crippen molar-refractivity contribution in [1.82, 2.24) is 30.5 Å². The molecule has 3 aromatic rings. The maximum absolute atomic E-state index is 12.6. The summed E-state index contributed by atoms with van der Waals surface area (Å²) >= 11 is 7.20. The molecule has 0 saturated carbocycles. The molecule has 176 valence electrons.